The molecule has 0 unspecified atom stereocenters. The second kappa shape index (κ2) is 9.35. The molecule has 1 aromatic heterocycles. The van der Waals surface area contributed by atoms with Crippen LogP contribution in [0.15, 0.2) is 60.7 Å². The van der Waals surface area contributed by atoms with Gasteiger partial charge in [0.05, 0.1) is 5.69 Å². The highest BCUT2D eigenvalue weighted by Gasteiger charge is 2.08. The van der Waals surface area contributed by atoms with Gasteiger partial charge >= 0.3 is 0 Å². The monoisotopic (exact) mass is 381 g/mol. The van der Waals surface area contributed by atoms with Gasteiger partial charge in [0.1, 0.15) is 5.82 Å². The summed E-state index contributed by atoms with van der Waals surface area (Å²) < 4.78 is 0. The topological polar surface area (TPSA) is 53.1 Å². The Hall–Kier alpha value is -2.63. The first-order valence-corrected chi connectivity index (χ1v) is 9.30. The van der Waals surface area contributed by atoms with Gasteiger partial charge in [0.15, 0.2) is 0 Å². The lowest BCUT2D eigenvalue weighted by molar-refractivity contribution is 0.425. The van der Waals surface area contributed by atoms with Gasteiger partial charge in [-0.1, -0.05) is 60.1 Å². The van der Waals surface area contributed by atoms with Crippen LogP contribution < -0.4 is 10.6 Å². The normalized spacial score (nSPS) is 10.8. The van der Waals surface area contributed by atoms with Crippen molar-refractivity contribution < 1.29 is 0 Å². The van der Waals surface area contributed by atoms with Gasteiger partial charge in [-0.05, 0) is 25.7 Å². The Bertz CT molecular complexity index is 867. The molecule has 0 aliphatic rings. The fourth-order valence-electron chi connectivity index (χ4n) is 2.60. The Labute approximate surface area is 165 Å². The van der Waals surface area contributed by atoms with Crippen molar-refractivity contribution >= 4 is 23.4 Å². The van der Waals surface area contributed by atoms with E-state index < -0.39 is 0 Å². The second-order valence-electron chi connectivity index (χ2n) is 6.50. The second-order valence-corrected chi connectivity index (χ2v) is 6.91. The van der Waals surface area contributed by atoms with E-state index in [2.05, 4.69) is 25.5 Å². The summed E-state index contributed by atoms with van der Waals surface area (Å²) in [6, 6.07) is 19.8. The highest BCUT2D eigenvalue weighted by atomic mass is 35.5. The van der Waals surface area contributed by atoms with Crippen LogP contribution in [0.1, 0.15) is 5.56 Å². The summed E-state index contributed by atoms with van der Waals surface area (Å²) in [6.07, 6.45) is 0. The maximum atomic E-state index is 6.25. The van der Waals surface area contributed by atoms with E-state index in [1.807, 2.05) is 74.8 Å². The summed E-state index contributed by atoms with van der Waals surface area (Å²) in [5.41, 5.74) is 2.94. The maximum absolute atomic E-state index is 6.25. The zero-order chi connectivity index (χ0) is 19.1. The van der Waals surface area contributed by atoms with Crippen LogP contribution in [0.4, 0.5) is 11.8 Å². The summed E-state index contributed by atoms with van der Waals surface area (Å²) >= 11 is 6.25. The Balaban J connectivity index is 1.81. The van der Waals surface area contributed by atoms with Crippen molar-refractivity contribution in [2.75, 3.05) is 37.8 Å². The van der Waals surface area contributed by atoms with Crippen LogP contribution in [0.2, 0.25) is 5.02 Å². The smallest absolute Gasteiger partial charge is 0.225 e. The van der Waals surface area contributed by atoms with Crippen molar-refractivity contribution in [1.82, 2.24) is 14.9 Å². The first-order chi connectivity index (χ1) is 13.1. The van der Waals surface area contributed by atoms with Gasteiger partial charge in [0, 0.05) is 36.3 Å². The van der Waals surface area contributed by atoms with Crippen molar-refractivity contribution in [3.05, 3.63) is 71.2 Å². The Kier molecular flexibility index (Phi) is 6.63. The molecule has 0 spiro atoms. The number of halogens is 1. The first-order valence-electron chi connectivity index (χ1n) is 8.92. The standard InChI is InChI=1S/C21H24ClN5/c1-27(2)13-12-23-20-14-19(16-8-4-3-5-9-16)25-21(26-20)24-15-17-10-6-7-11-18(17)22/h3-11,14H,12-13,15H2,1-2H3,(H2,23,24,25,26). The minimum atomic E-state index is 0.565. The average molecular weight is 382 g/mol. The van der Waals surface area contributed by atoms with Gasteiger partial charge < -0.3 is 15.5 Å². The van der Waals surface area contributed by atoms with E-state index in [-0.39, 0.29) is 0 Å². The number of benzene rings is 2. The molecule has 0 bridgehead atoms. The number of likely N-dealkylation sites (N-methyl/N-ethyl adjacent to an activating group) is 1. The number of hydrogen-bond acceptors (Lipinski definition) is 5. The van der Waals surface area contributed by atoms with Crippen molar-refractivity contribution in [3.8, 4) is 11.3 Å². The van der Waals surface area contributed by atoms with E-state index in [4.69, 9.17) is 11.6 Å². The molecule has 140 valence electrons. The third kappa shape index (κ3) is 5.67. The fraction of sp³-hybridized carbons (Fsp3) is 0.238. The number of hydrogen-bond donors (Lipinski definition) is 2. The Morgan fingerprint density at radius 2 is 1.67 bits per heavy atom. The molecule has 2 N–H and O–H groups in total. The lowest BCUT2D eigenvalue weighted by Crippen LogP contribution is -2.21. The Morgan fingerprint density at radius 3 is 2.41 bits per heavy atom. The highest BCUT2D eigenvalue weighted by Crippen LogP contribution is 2.22. The minimum Gasteiger partial charge on any atom is -0.369 e. The molecule has 3 rings (SSSR count). The molecule has 0 fully saturated rings. The number of rotatable bonds is 8. The molecule has 3 aromatic rings. The van der Waals surface area contributed by atoms with Crippen molar-refractivity contribution in [2.45, 2.75) is 6.54 Å². The summed E-state index contributed by atoms with van der Waals surface area (Å²) in [7, 11) is 4.10. The van der Waals surface area contributed by atoms with Gasteiger partial charge in [0.2, 0.25) is 5.95 Å². The number of aromatic nitrogens is 2. The minimum absolute atomic E-state index is 0.565. The molecule has 0 radical (unpaired) electrons. The number of nitrogens with zero attached hydrogens (tertiary/aromatic N) is 3. The first kappa shape index (κ1) is 19.1. The van der Waals surface area contributed by atoms with E-state index in [1.165, 1.54) is 0 Å². The molecular formula is C21H24ClN5. The number of anilines is 2. The summed E-state index contributed by atoms with van der Waals surface area (Å²) in [5.74, 6) is 1.37. The predicted molar refractivity (Wildman–Crippen MR) is 113 cm³/mol. The highest BCUT2D eigenvalue weighted by molar-refractivity contribution is 6.31. The molecule has 27 heavy (non-hydrogen) atoms. The van der Waals surface area contributed by atoms with Crippen molar-refractivity contribution in [2.24, 2.45) is 0 Å². The van der Waals surface area contributed by atoms with Gasteiger partial charge in [0.25, 0.3) is 0 Å². The van der Waals surface area contributed by atoms with Gasteiger partial charge in [-0.15, -0.1) is 0 Å². The molecule has 2 aromatic carbocycles. The van der Waals surface area contributed by atoms with E-state index >= 15 is 0 Å². The summed E-state index contributed by atoms with van der Waals surface area (Å²) in [4.78, 5) is 11.4. The molecule has 1 heterocycles. The molecule has 6 heteroatoms. The van der Waals surface area contributed by atoms with E-state index in [0.717, 1.165) is 40.8 Å². The molecular weight excluding hydrogens is 358 g/mol. The largest absolute Gasteiger partial charge is 0.369 e. The quantitative estimate of drug-likeness (QED) is 0.606. The van der Waals surface area contributed by atoms with E-state index in [0.29, 0.717) is 12.5 Å². The van der Waals surface area contributed by atoms with Crippen LogP contribution in [0.25, 0.3) is 11.3 Å². The maximum Gasteiger partial charge on any atom is 0.225 e. The molecule has 0 saturated carbocycles. The van der Waals surface area contributed by atoms with Crippen LogP contribution in [-0.2, 0) is 6.54 Å². The third-order valence-electron chi connectivity index (χ3n) is 4.06. The van der Waals surface area contributed by atoms with Crippen molar-refractivity contribution in [3.63, 3.8) is 0 Å². The molecule has 0 atom stereocenters. The van der Waals surface area contributed by atoms with Gasteiger partial charge in [-0.25, -0.2) is 4.98 Å². The van der Waals surface area contributed by atoms with Crippen LogP contribution >= 0.6 is 11.6 Å². The zero-order valence-corrected chi connectivity index (χ0v) is 16.4. The van der Waals surface area contributed by atoms with Crippen LogP contribution in [0, 0.1) is 0 Å². The van der Waals surface area contributed by atoms with Gasteiger partial charge in [-0.3, -0.25) is 0 Å². The molecule has 0 aliphatic heterocycles. The third-order valence-corrected chi connectivity index (χ3v) is 4.42. The van der Waals surface area contributed by atoms with Crippen molar-refractivity contribution in [1.29, 1.82) is 0 Å². The van der Waals surface area contributed by atoms with Crippen LogP contribution in [0.5, 0.6) is 0 Å². The predicted octanol–water partition coefficient (Wildman–Crippen LogP) is 4.38. The summed E-state index contributed by atoms with van der Waals surface area (Å²) in [5, 5.41) is 7.40. The Morgan fingerprint density at radius 1 is 0.926 bits per heavy atom. The lowest BCUT2D eigenvalue weighted by Gasteiger charge is -2.14. The molecule has 0 amide bonds. The van der Waals surface area contributed by atoms with Crippen LogP contribution in [-0.4, -0.2) is 42.1 Å². The summed E-state index contributed by atoms with van der Waals surface area (Å²) in [6.45, 7) is 2.30. The average Bonchev–Trinajstić information content (AvgIpc) is 2.68. The SMILES string of the molecule is CN(C)CCNc1cc(-c2ccccc2)nc(NCc2ccccc2Cl)n1. The molecule has 0 saturated heterocycles. The zero-order valence-electron chi connectivity index (χ0n) is 15.6. The fourth-order valence-corrected chi connectivity index (χ4v) is 2.80. The number of nitrogens with one attached hydrogen (secondary N) is 2. The van der Waals surface area contributed by atoms with Crippen LogP contribution in [0.3, 0.4) is 0 Å². The molecule has 5 nitrogen and oxygen atoms in total. The lowest BCUT2D eigenvalue weighted by atomic mass is 10.1. The van der Waals surface area contributed by atoms with E-state index in [9.17, 15) is 0 Å². The van der Waals surface area contributed by atoms with Gasteiger partial charge in [-0.2, -0.15) is 4.98 Å². The van der Waals surface area contributed by atoms with E-state index in [1.54, 1.807) is 0 Å². The molecule has 0 aliphatic carbocycles.